The molecule has 0 N–H and O–H groups in total. The number of thiophene rings is 1. The Bertz CT molecular complexity index is 560. The molecule has 7 heteroatoms. The summed E-state index contributed by atoms with van der Waals surface area (Å²) in [4.78, 5) is 10.9. The molecule has 0 aromatic carbocycles. The molecular weight excluding hydrogens is 356 g/mol. The fourth-order valence-electron chi connectivity index (χ4n) is 2.27. The van der Waals surface area contributed by atoms with Gasteiger partial charge in [-0.3, -0.25) is 4.90 Å². The summed E-state index contributed by atoms with van der Waals surface area (Å²) < 4.78 is 5.59. The lowest BCUT2D eigenvalue weighted by molar-refractivity contribution is 0.252. The van der Waals surface area contributed by atoms with Crippen molar-refractivity contribution < 1.29 is 0 Å². The number of piperazine rings is 1. The molecule has 1 saturated heterocycles. The zero-order chi connectivity index (χ0) is 13.9. The fraction of sp³-hybridized carbons (Fsp3) is 0.538. The molecule has 0 atom stereocenters. The van der Waals surface area contributed by atoms with Crippen LogP contribution >= 0.6 is 38.8 Å². The van der Waals surface area contributed by atoms with Gasteiger partial charge in [0.2, 0.25) is 5.13 Å². The minimum atomic E-state index is 0.920. The molecule has 20 heavy (non-hydrogen) atoms. The van der Waals surface area contributed by atoms with Crippen molar-refractivity contribution in [1.82, 2.24) is 14.3 Å². The maximum Gasteiger partial charge on any atom is 0.205 e. The number of hydrogen-bond donors (Lipinski definition) is 0. The van der Waals surface area contributed by atoms with E-state index in [0.717, 1.165) is 50.1 Å². The van der Waals surface area contributed by atoms with Crippen molar-refractivity contribution in [2.24, 2.45) is 0 Å². The summed E-state index contributed by atoms with van der Waals surface area (Å²) >= 11 is 6.88. The third-order valence-electron chi connectivity index (χ3n) is 3.42. The lowest BCUT2D eigenvalue weighted by Gasteiger charge is -2.34. The second-order valence-corrected chi connectivity index (χ2v) is 8.09. The van der Waals surface area contributed by atoms with Gasteiger partial charge in [0.25, 0.3) is 0 Å². The van der Waals surface area contributed by atoms with Gasteiger partial charge >= 0.3 is 0 Å². The molecule has 3 rings (SSSR count). The Morgan fingerprint density at radius 3 is 2.65 bits per heavy atom. The maximum atomic E-state index is 4.58. The molecule has 0 unspecified atom stereocenters. The first-order chi connectivity index (χ1) is 9.74. The predicted molar refractivity (Wildman–Crippen MR) is 88.8 cm³/mol. The molecule has 108 valence electrons. The van der Waals surface area contributed by atoms with E-state index < -0.39 is 0 Å². The number of hydrogen-bond acceptors (Lipinski definition) is 6. The van der Waals surface area contributed by atoms with Crippen LogP contribution < -0.4 is 4.90 Å². The third kappa shape index (κ3) is 3.39. The molecule has 0 radical (unpaired) electrons. The number of anilines is 1. The van der Waals surface area contributed by atoms with E-state index in [4.69, 9.17) is 0 Å². The number of nitrogens with zero attached hydrogens (tertiary/aromatic N) is 4. The Kier molecular flexibility index (Phi) is 4.70. The molecule has 3 heterocycles. The minimum Gasteiger partial charge on any atom is -0.344 e. The average molecular weight is 373 g/mol. The Morgan fingerprint density at radius 2 is 2.05 bits per heavy atom. The third-order valence-corrected chi connectivity index (χ3v) is 5.85. The van der Waals surface area contributed by atoms with Gasteiger partial charge in [-0.15, -0.1) is 11.3 Å². The normalized spacial score (nSPS) is 16.8. The Hall–Kier alpha value is -0.500. The van der Waals surface area contributed by atoms with Crippen molar-refractivity contribution in [2.75, 3.05) is 31.1 Å². The number of aromatic nitrogens is 2. The van der Waals surface area contributed by atoms with Crippen molar-refractivity contribution in [3.63, 3.8) is 0 Å². The van der Waals surface area contributed by atoms with Crippen molar-refractivity contribution in [2.45, 2.75) is 19.9 Å². The Balaban J connectivity index is 1.54. The molecule has 0 spiro atoms. The molecule has 2 aromatic rings. The van der Waals surface area contributed by atoms with E-state index in [1.54, 1.807) is 0 Å². The van der Waals surface area contributed by atoms with E-state index >= 15 is 0 Å². The van der Waals surface area contributed by atoms with Gasteiger partial charge in [-0.2, -0.15) is 4.37 Å². The van der Waals surface area contributed by atoms with E-state index in [1.807, 2.05) is 11.3 Å². The Morgan fingerprint density at radius 1 is 1.25 bits per heavy atom. The fourth-order valence-corrected chi connectivity index (χ4v) is 4.60. The second-order valence-electron chi connectivity index (χ2n) is 4.82. The van der Waals surface area contributed by atoms with Crippen LogP contribution in [-0.4, -0.2) is 40.4 Å². The molecule has 1 fully saturated rings. The second kappa shape index (κ2) is 6.51. The predicted octanol–water partition coefficient (Wildman–Crippen LogP) is 3.25. The number of aryl methyl sites for hydroxylation is 1. The van der Waals surface area contributed by atoms with Crippen LogP contribution in [0.2, 0.25) is 0 Å². The summed E-state index contributed by atoms with van der Waals surface area (Å²) in [5.41, 5.74) is 0. The lowest BCUT2D eigenvalue weighted by Crippen LogP contribution is -2.45. The van der Waals surface area contributed by atoms with Crippen molar-refractivity contribution in [3.05, 3.63) is 26.6 Å². The highest BCUT2D eigenvalue weighted by Crippen LogP contribution is 2.24. The molecule has 1 aliphatic heterocycles. The van der Waals surface area contributed by atoms with Gasteiger partial charge in [-0.25, -0.2) is 4.98 Å². The first-order valence-corrected chi connectivity index (χ1v) is 9.17. The first-order valence-electron chi connectivity index (χ1n) is 6.78. The van der Waals surface area contributed by atoms with Crippen molar-refractivity contribution in [1.29, 1.82) is 0 Å². The highest BCUT2D eigenvalue weighted by atomic mass is 79.9. The van der Waals surface area contributed by atoms with E-state index in [2.05, 4.69) is 54.1 Å². The highest BCUT2D eigenvalue weighted by Gasteiger charge is 2.20. The highest BCUT2D eigenvalue weighted by molar-refractivity contribution is 9.11. The SMILES string of the molecule is CCc1nsc(N2CCN(Cc3ccc(Br)s3)CC2)n1. The summed E-state index contributed by atoms with van der Waals surface area (Å²) in [6.07, 6.45) is 0.920. The van der Waals surface area contributed by atoms with Gasteiger partial charge < -0.3 is 4.90 Å². The van der Waals surface area contributed by atoms with E-state index in [9.17, 15) is 0 Å². The van der Waals surface area contributed by atoms with E-state index in [-0.39, 0.29) is 0 Å². The molecule has 0 amide bonds. The monoisotopic (exact) mass is 372 g/mol. The summed E-state index contributed by atoms with van der Waals surface area (Å²) in [5, 5.41) is 1.08. The lowest BCUT2D eigenvalue weighted by atomic mass is 10.3. The van der Waals surface area contributed by atoms with Gasteiger partial charge in [0, 0.05) is 55.6 Å². The number of rotatable bonds is 4. The molecule has 0 saturated carbocycles. The topological polar surface area (TPSA) is 32.3 Å². The summed E-state index contributed by atoms with van der Waals surface area (Å²) in [5.74, 6) is 0.968. The molecule has 0 bridgehead atoms. The van der Waals surface area contributed by atoms with Crippen LogP contribution in [0.5, 0.6) is 0 Å². The van der Waals surface area contributed by atoms with Crippen molar-refractivity contribution >= 4 is 43.9 Å². The average Bonchev–Trinajstić information content (AvgIpc) is 3.09. The van der Waals surface area contributed by atoms with Crippen LogP contribution in [0.25, 0.3) is 0 Å². The summed E-state index contributed by atoms with van der Waals surface area (Å²) in [6.45, 7) is 7.44. The van der Waals surface area contributed by atoms with Crippen LogP contribution in [0.1, 0.15) is 17.6 Å². The van der Waals surface area contributed by atoms with Crippen LogP contribution in [0.15, 0.2) is 15.9 Å². The quantitative estimate of drug-likeness (QED) is 0.824. The molecular formula is C13H17BrN4S2. The van der Waals surface area contributed by atoms with Gasteiger partial charge in [0.05, 0.1) is 3.79 Å². The molecule has 0 aliphatic carbocycles. The van der Waals surface area contributed by atoms with Gasteiger partial charge in [-0.1, -0.05) is 6.92 Å². The van der Waals surface area contributed by atoms with Crippen LogP contribution in [0.4, 0.5) is 5.13 Å². The van der Waals surface area contributed by atoms with Crippen LogP contribution in [0, 0.1) is 0 Å². The van der Waals surface area contributed by atoms with Gasteiger partial charge in [0.1, 0.15) is 5.82 Å². The smallest absolute Gasteiger partial charge is 0.205 e. The van der Waals surface area contributed by atoms with Gasteiger partial charge in [0.15, 0.2) is 0 Å². The van der Waals surface area contributed by atoms with E-state index in [1.165, 1.54) is 20.2 Å². The largest absolute Gasteiger partial charge is 0.344 e. The standard InChI is InChI=1S/C13H17BrN4S2/c1-2-12-15-13(20-16-12)18-7-5-17(6-8-18)9-10-3-4-11(14)19-10/h3-4H,2,5-9H2,1H3. The number of halogens is 1. The first kappa shape index (κ1) is 14.4. The Labute approximate surface area is 135 Å². The van der Waals surface area contributed by atoms with Crippen molar-refractivity contribution in [3.8, 4) is 0 Å². The minimum absolute atomic E-state index is 0.920. The maximum absolute atomic E-state index is 4.58. The zero-order valence-electron chi connectivity index (χ0n) is 11.4. The van der Waals surface area contributed by atoms with Gasteiger partial charge in [-0.05, 0) is 28.1 Å². The van der Waals surface area contributed by atoms with Crippen LogP contribution in [0.3, 0.4) is 0 Å². The molecule has 1 aliphatic rings. The molecule has 2 aromatic heterocycles. The van der Waals surface area contributed by atoms with Crippen LogP contribution in [-0.2, 0) is 13.0 Å². The summed E-state index contributed by atoms with van der Waals surface area (Å²) in [6, 6.07) is 4.34. The van der Waals surface area contributed by atoms with E-state index in [0.29, 0.717) is 0 Å². The summed E-state index contributed by atoms with van der Waals surface area (Å²) in [7, 11) is 0. The zero-order valence-corrected chi connectivity index (χ0v) is 14.6. The molecule has 4 nitrogen and oxygen atoms in total.